The molecule has 1 atom stereocenters. The second-order valence-electron chi connectivity index (χ2n) is 3.95. The van der Waals surface area contributed by atoms with Gasteiger partial charge in [-0.1, -0.05) is 11.6 Å². The van der Waals surface area contributed by atoms with Gasteiger partial charge in [-0.05, 0) is 25.7 Å². The van der Waals surface area contributed by atoms with Crippen LogP contribution in [0.1, 0.15) is 32.1 Å². The molecule has 0 aliphatic heterocycles. The van der Waals surface area contributed by atoms with Crippen molar-refractivity contribution in [2.45, 2.75) is 43.4 Å². The summed E-state index contributed by atoms with van der Waals surface area (Å²) in [4.78, 5) is 0. The van der Waals surface area contributed by atoms with Gasteiger partial charge >= 0.3 is 15.4 Å². The van der Waals surface area contributed by atoms with Crippen LogP contribution in [-0.4, -0.2) is 24.3 Å². The first kappa shape index (κ1) is 13.5. The molecule has 0 spiro atoms. The fraction of sp³-hybridized carbons (Fsp3) is 0.778. The zero-order valence-corrected chi connectivity index (χ0v) is 9.51. The van der Waals surface area contributed by atoms with E-state index in [9.17, 15) is 17.2 Å². The predicted octanol–water partition coefficient (Wildman–Crippen LogP) is 1.68. The minimum atomic E-state index is -5.38. The average molecular weight is 255 g/mol. The standard InChI is InChI=1S/C9H15F2NO3S/c10-9(11,16(13,14)15)6-8(12)7-4-2-1-3-5-7/h4,8H,1-3,5-6,12H2,(H,13,14,15). The Bertz CT molecular complexity index is 378. The molecular weight excluding hydrogens is 240 g/mol. The molecule has 0 saturated heterocycles. The molecule has 0 aromatic rings. The minimum absolute atomic E-state index is 0.614. The van der Waals surface area contributed by atoms with Crippen molar-refractivity contribution in [2.24, 2.45) is 5.73 Å². The topological polar surface area (TPSA) is 80.4 Å². The largest absolute Gasteiger partial charge is 0.371 e. The molecule has 7 heteroatoms. The van der Waals surface area contributed by atoms with E-state index in [4.69, 9.17) is 10.3 Å². The number of rotatable bonds is 4. The second kappa shape index (κ2) is 4.77. The van der Waals surface area contributed by atoms with Crippen molar-refractivity contribution >= 4 is 10.1 Å². The molecule has 3 N–H and O–H groups in total. The Morgan fingerprint density at radius 2 is 2.12 bits per heavy atom. The second-order valence-corrected chi connectivity index (χ2v) is 5.50. The molecule has 0 aromatic heterocycles. The van der Waals surface area contributed by atoms with Crippen LogP contribution in [0.3, 0.4) is 0 Å². The van der Waals surface area contributed by atoms with Crippen molar-refractivity contribution in [3.63, 3.8) is 0 Å². The van der Waals surface area contributed by atoms with Crippen LogP contribution in [0.25, 0.3) is 0 Å². The van der Waals surface area contributed by atoms with Gasteiger partial charge in [0.1, 0.15) is 0 Å². The van der Waals surface area contributed by atoms with E-state index in [1.54, 1.807) is 6.08 Å². The van der Waals surface area contributed by atoms with Gasteiger partial charge in [0, 0.05) is 12.5 Å². The molecule has 0 radical (unpaired) electrons. The van der Waals surface area contributed by atoms with Crippen molar-refractivity contribution in [1.29, 1.82) is 0 Å². The Balaban J connectivity index is 2.70. The first-order valence-corrected chi connectivity index (χ1v) is 6.47. The predicted molar refractivity (Wildman–Crippen MR) is 55.6 cm³/mol. The third-order valence-corrected chi connectivity index (χ3v) is 3.56. The Labute approximate surface area is 93.3 Å². The lowest BCUT2D eigenvalue weighted by Crippen LogP contribution is -2.37. The van der Waals surface area contributed by atoms with Crippen LogP contribution in [0.4, 0.5) is 8.78 Å². The number of allylic oxidation sites excluding steroid dienone is 1. The zero-order valence-electron chi connectivity index (χ0n) is 8.70. The Kier molecular flexibility index (Phi) is 4.03. The third kappa shape index (κ3) is 3.23. The highest BCUT2D eigenvalue weighted by Gasteiger charge is 2.45. The summed E-state index contributed by atoms with van der Waals surface area (Å²) in [5, 5.41) is -4.18. The molecule has 0 amide bonds. The molecule has 1 aliphatic carbocycles. The van der Waals surface area contributed by atoms with Crippen LogP contribution in [0.5, 0.6) is 0 Å². The molecule has 94 valence electrons. The molecule has 0 aromatic carbocycles. The minimum Gasteiger partial charge on any atom is -0.324 e. The van der Waals surface area contributed by atoms with Gasteiger partial charge in [0.05, 0.1) is 0 Å². The lowest BCUT2D eigenvalue weighted by atomic mass is 9.93. The number of hydrogen-bond donors (Lipinski definition) is 2. The maximum atomic E-state index is 13.0. The summed E-state index contributed by atoms with van der Waals surface area (Å²) in [7, 11) is -5.38. The Hall–Kier alpha value is -0.530. The van der Waals surface area contributed by atoms with E-state index in [2.05, 4.69) is 0 Å². The molecule has 0 fully saturated rings. The number of halogens is 2. The van der Waals surface area contributed by atoms with Crippen molar-refractivity contribution in [3.8, 4) is 0 Å². The molecule has 0 saturated carbocycles. The normalized spacial score (nSPS) is 20.4. The molecule has 0 heterocycles. The van der Waals surface area contributed by atoms with Gasteiger partial charge < -0.3 is 5.73 Å². The molecule has 16 heavy (non-hydrogen) atoms. The highest BCUT2D eigenvalue weighted by Crippen LogP contribution is 2.30. The lowest BCUT2D eigenvalue weighted by Gasteiger charge is -2.22. The number of hydrogen-bond acceptors (Lipinski definition) is 3. The van der Waals surface area contributed by atoms with E-state index in [1.807, 2.05) is 0 Å². The van der Waals surface area contributed by atoms with E-state index < -0.39 is 27.8 Å². The van der Waals surface area contributed by atoms with E-state index in [1.165, 1.54) is 0 Å². The first-order valence-electron chi connectivity index (χ1n) is 5.03. The Morgan fingerprint density at radius 3 is 2.56 bits per heavy atom. The summed E-state index contributed by atoms with van der Waals surface area (Å²) in [5.41, 5.74) is 6.16. The van der Waals surface area contributed by atoms with Gasteiger partial charge in [-0.15, -0.1) is 0 Å². The van der Waals surface area contributed by atoms with Crippen molar-refractivity contribution in [2.75, 3.05) is 0 Å². The third-order valence-electron chi connectivity index (χ3n) is 2.64. The molecule has 1 unspecified atom stereocenters. The molecular formula is C9H15F2NO3S. The monoisotopic (exact) mass is 255 g/mol. The van der Waals surface area contributed by atoms with Gasteiger partial charge in [0.2, 0.25) is 0 Å². The number of nitrogens with two attached hydrogens (primary N) is 1. The zero-order chi connectivity index (χ0) is 12.4. The first-order chi connectivity index (χ1) is 7.24. The summed E-state index contributed by atoms with van der Waals surface area (Å²) in [6.07, 6.45) is 3.96. The summed E-state index contributed by atoms with van der Waals surface area (Å²) in [5.74, 6) is 0. The molecule has 4 nitrogen and oxygen atoms in total. The summed E-state index contributed by atoms with van der Waals surface area (Å²) in [6, 6.07) is -1.02. The molecule has 0 bridgehead atoms. The maximum Gasteiger partial charge on any atom is 0.371 e. The van der Waals surface area contributed by atoms with Crippen LogP contribution in [0.15, 0.2) is 11.6 Å². The number of alkyl halides is 2. The highest BCUT2D eigenvalue weighted by molar-refractivity contribution is 7.86. The van der Waals surface area contributed by atoms with Crippen molar-refractivity contribution in [3.05, 3.63) is 11.6 Å². The highest BCUT2D eigenvalue weighted by atomic mass is 32.2. The van der Waals surface area contributed by atoms with E-state index in [0.717, 1.165) is 19.3 Å². The van der Waals surface area contributed by atoms with Gasteiger partial charge in [-0.2, -0.15) is 17.2 Å². The van der Waals surface area contributed by atoms with Gasteiger partial charge in [0.25, 0.3) is 0 Å². The quantitative estimate of drug-likeness (QED) is 0.591. The van der Waals surface area contributed by atoms with E-state index >= 15 is 0 Å². The molecule has 1 rings (SSSR count). The van der Waals surface area contributed by atoms with Crippen molar-refractivity contribution < 1.29 is 21.8 Å². The fourth-order valence-corrected chi connectivity index (χ4v) is 2.08. The summed E-state index contributed by atoms with van der Waals surface area (Å²) < 4.78 is 55.1. The smallest absolute Gasteiger partial charge is 0.324 e. The summed E-state index contributed by atoms with van der Waals surface area (Å²) >= 11 is 0. The van der Waals surface area contributed by atoms with Crippen LogP contribution >= 0.6 is 0 Å². The van der Waals surface area contributed by atoms with E-state index in [-0.39, 0.29) is 0 Å². The summed E-state index contributed by atoms with van der Waals surface area (Å²) in [6.45, 7) is 0. The van der Waals surface area contributed by atoms with Crippen LogP contribution in [0.2, 0.25) is 0 Å². The van der Waals surface area contributed by atoms with Crippen LogP contribution < -0.4 is 5.73 Å². The van der Waals surface area contributed by atoms with Crippen LogP contribution in [0, 0.1) is 0 Å². The van der Waals surface area contributed by atoms with Crippen LogP contribution in [-0.2, 0) is 10.1 Å². The SMILES string of the molecule is NC(CC(F)(F)S(=O)(=O)O)C1=CCCCC1. The van der Waals surface area contributed by atoms with E-state index in [0.29, 0.717) is 12.0 Å². The Morgan fingerprint density at radius 1 is 1.50 bits per heavy atom. The fourth-order valence-electron chi connectivity index (χ4n) is 1.69. The van der Waals surface area contributed by atoms with Gasteiger partial charge in [0.15, 0.2) is 0 Å². The van der Waals surface area contributed by atoms with Crippen molar-refractivity contribution in [1.82, 2.24) is 0 Å². The van der Waals surface area contributed by atoms with Gasteiger partial charge in [-0.3, -0.25) is 4.55 Å². The molecule has 1 aliphatic rings. The lowest BCUT2D eigenvalue weighted by molar-refractivity contribution is 0.0667. The average Bonchev–Trinajstić information content (AvgIpc) is 2.16. The maximum absolute atomic E-state index is 13.0. The van der Waals surface area contributed by atoms with Gasteiger partial charge in [-0.25, -0.2) is 0 Å².